The molecule has 0 atom stereocenters. The second-order valence-corrected chi connectivity index (χ2v) is 4.23. The van der Waals surface area contributed by atoms with Gasteiger partial charge in [0.15, 0.2) is 6.29 Å². The van der Waals surface area contributed by atoms with Crippen LogP contribution in [0.5, 0.6) is 0 Å². The number of rotatable bonds is 4. The lowest BCUT2D eigenvalue weighted by molar-refractivity contribution is -0.384. The molecule has 0 saturated heterocycles. The molecule has 0 spiro atoms. The highest BCUT2D eigenvalue weighted by atomic mass is 35.5. The van der Waals surface area contributed by atoms with E-state index in [2.05, 4.69) is 10.3 Å². The second-order valence-electron chi connectivity index (χ2n) is 3.82. The van der Waals surface area contributed by atoms with Crippen LogP contribution in [-0.4, -0.2) is 22.1 Å². The minimum atomic E-state index is -0.642. The highest BCUT2D eigenvalue weighted by Gasteiger charge is 2.15. The quantitative estimate of drug-likeness (QED) is 0.513. The fraction of sp³-hybridized carbons (Fsp3) is 0. The molecule has 0 radical (unpaired) electrons. The van der Waals surface area contributed by atoms with Crippen molar-refractivity contribution in [3.8, 4) is 0 Å². The Bertz CT molecular complexity index is 696. The van der Waals surface area contributed by atoms with Crippen molar-refractivity contribution in [2.45, 2.75) is 0 Å². The third-order valence-electron chi connectivity index (χ3n) is 2.48. The van der Waals surface area contributed by atoms with E-state index in [1.54, 1.807) is 0 Å². The fourth-order valence-electron chi connectivity index (χ4n) is 1.54. The number of amides is 1. The van der Waals surface area contributed by atoms with E-state index >= 15 is 0 Å². The van der Waals surface area contributed by atoms with E-state index in [9.17, 15) is 19.7 Å². The van der Waals surface area contributed by atoms with Gasteiger partial charge in [-0.25, -0.2) is 0 Å². The zero-order valence-corrected chi connectivity index (χ0v) is 10.7. The van der Waals surface area contributed by atoms with E-state index < -0.39 is 10.8 Å². The Morgan fingerprint density at radius 1 is 1.35 bits per heavy atom. The van der Waals surface area contributed by atoms with Crippen LogP contribution < -0.4 is 5.32 Å². The number of aromatic nitrogens is 1. The first-order valence-electron chi connectivity index (χ1n) is 5.40. The number of hydrogen-bond donors (Lipinski definition) is 2. The van der Waals surface area contributed by atoms with Crippen molar-refractivity contribution in [1.29, 1.82) is 0 Å². The van der Waals surface area contributed by atoms with Crippen LogP contribution in [0.4, 0.5) is 11.4 Å². The third kappa shape index (κ3) is 2.83. The number of aldehydes is 1. The molecule has 2 N–H and O–H groups in total. The average molecular weight is 294 g/mol. The summed E-state index contributed by atoms with van der Waals surface area (Å²) in [7, 11) is 0. The molecule has 1 heterocycles. The number of halogens is 1. The van der Waals surface area contributed by atoms with Crippen LogP contribution in [0.15, 0.2) is 30.3 Å². The number of carbonyl (C=O) groups excluding carboxylic acids is 2. The number of carbonyl (C=O) groups is 2. The van der Waals surface area contributed by atoms with Crippen LogP contribution in [0.1, 0.15) is 21.0 Å². The molecule has 8 heteroatoms. The van der Waals surface area contributed by atoms with Crippen molar-refractivity contribution in [3.63, 3.8) is 0 Å². The summed E-state index contributed by atoms with van der Waals surface area (Å²) >= 11 is 5.67. The van der Waals surface area contributed by atoms with E-state index in [1.807, 2.05) is 0 Å². The average Bonchev–Trinajstić information content (AvgIpc) is 2.89. The van der Waals surface area contributed by atoms with E-state index in [0.717, 1.165) is 6.07 Å². The Labute approximate surface area is 117 Å². The Morgan fingerprint density at radius 3 is 2.70 bits per heavy atom. The summed E-state index contributed by atoms with van der Waals surface area (Å²) in [5, 5.41) is 13.2. The van der Waals surface area contributed by atoms with Crippen molar-refractivity contribution in [1.82, 2.24) is 4.98 Å². The van der Waals surface area contributed by atoms with Gasteiger partial charge in [-0.2, -0.15) is 0 Å². The monoisotopic (exact) mass is 293 g/mol. The Morgan fingerprint density at radius 2 is 2.10 bits per heavy atom. The van der Waals surface area contributed by atoms with Crippen molar-refractivity contribution in [3.05, 3.63) is 56.9 Å². The standard InChI is InChI=1S/C12H8ClN3O4/c13-9-3-1-7(5-11(9)16(19)20)15-12(18)10-4-2-8(6-17)14-10/h1-6,14H,(H,15,18). The predicted octanol–water partition coefficient (Wildman–Crippen LogP) is 2.64. The summed E-state index contributed by atoms with van der Waals surface area (Å²) in [6.07, 6.45) is 0.573. The third-order valence-corrected chi connectivity index (χ3v) is 2.80. The summed E-state index contributed by atoms with van der Waals surface area (Å²) in [5.41, 5.74) is 0.361. The number of anilines is 1. The smallest absolute Gasteiger partial charge is 0.289 e. The molecular formula is C12H8ClN3O4. The first-order valence-corrected chi connectivity index (χ1v) is 5.78. The summed E-state index contributed by atoms with van der Waals surface area (Å²) in [5.74, 6) is -0.519. The molecule has 7 nitrogen and oxygen atoms in total. The first kappa shape index (κ1) is 13.8. The number of H-pyrrole nitrogens is 1. The molecule has 0 bridgehead atoms. The molecule has 1 aromatic carbocycles. The molecule has 0 aliphatic rings. The van der Waals surface area contributed by atoms with Gasteiger partial charge < -0.3 is 10.3 Å². The fourth-order valence-corrected chi connectivity index (χ4v) is 1.73. The van der Waals surface area contributed by atoms with Gasteiger partial charge in [-0.3, -0.25) is 19.7 Å². The number of aromatic amines is 1. The van der Waals surface area contributed by atoms with Gasteiger partial charge in [0.1, 0.15) is 10.7 Å². The molecule has 0 aliphatic heterocycles. The van der Waals surface area contributed by atoms with E-state index in [1.165, 1.54) is 24.3 Å². The van der Waals surface area contributed by atoms with Crippen LogP contribution in [0.2, 0.25) is 5.02 Å². The van der Waals surface area contributed by atoms with Gasteiger partial charge in [-0.15, -0.1) is 0 Å². The molecule has 0 unspecified atom stereocenters. The van der Waals surface area contributed by atoms with Crippen LogP contribution >= 0.6 is 11.6 Å². The molecule has 2 aromatic rings. The molecule has 2 rings (SSSR count). The Kier molecular flexibility index (Phi) is 3.81. The SMILES string of the molecule is O=Cc1ccc(C(=O)Nc2ccc(Cl)c([N+](=O)[O-])c2)[nH]1. The molecule has 1 aromatic heterocycles. The number of benzene rings is 1. The van der Waals surface area contributed by atoms with Gasteiger partial charge in [0, 0.05) is 11.8 Å². The van der Waals surface area contributed by atoms with Gasteiger partial charge in [0.2, 0.25) is 0 Å². The lowest BCUT2D eigenvalue weighted by Crippen LogP contribution is -2.12. The van der Waals surface area contributed by atoms with Crippen LogP contribution in [0.3, 0.4) is 0 Å². The van der Waals surface area contributed by atoms with Gasteiger partial charge in [-0.05, 0) is 24.3 Å². The molecule has 0 aliphatic carbocycles. The predicted molar refractivity (Wildman–Crippen MR) is 72.2 cm³/mol. The lowest BCUT2D eigenvalue weighted by atomic mass is 10.2. The topological polar surface area (TPSA) is 105 Å². The largest absolute Gasteiger partial charge is 0.348 e. The lowest BCUT2D eigenvalue weighted by Gasteiger charge is -2.04. The van der Waals surface area contributed by atoms with Crippen molar-refractivity contribution in [2.24, 2.45) is 0 Å². The van der Waals surface area contributed by atoms with Gasteiger partial charge in [0.25, 0.3) is 11.6 Å². The number of nitrogens with zero attached hydrogens (tertiary/aromatic N) is 1. The van der Waals surface area contributed by atoms with E-state index in [0.29, 0.717) is 6.29 Å². The molecule has 102 valence electrons. The summed E-state index contributed by atoms with van der Waals surface area (Å²) < 4.78 is 0. The normalized spacial score (nSPS) is 10.1. The number of nitro benzene ring substituents is 1. The van der Waals surface area contributed by atoms with Crippen molar-refractivity contribution >= 4 is 35.2 Å². The van der Waals surface area contributed by atoms with Gasteiger partial charge >= 0.3 is 0 Å². The van der Waals surface area contributed by atoms with Crippen molar-refractivity contribution in [2.75, 3.05) is 5.32 Å². The number of nitrogens with one attached hydrogen (secondary N) is 2. The molecular weight excluding hydrogens is 286 g/mol. The van der Waals surface area contributed by atoms with Crippen LogP contribution in [-0.2, 0) is 0 Å². The maximum absolute atomic E-state index is 11.8. The summed E-state index contributed by atoms with van der Waals surface area (Å²) in [6, 6.07) is 6.80. The van der Waals surface area contributed by atoms with Crippen LogP contribution in [0, 0.1) is 10.1 Å². The first-order chi connectivity index (χ1) is 9.51. The molecule has 0 fully saturated rings. The van der Waals surface area contributed by atoms with Crippen LogP contribution in [0.25, 0.3) is 0 Å². The maximum Gasteiger partial charge on any atom is 0.289 e. The van der Waals surface area contributed by atoms with E-state index in [-0.39, 0.29) is 27.8 Å². The summed E-state index contributed by atoms with van der Waals surface area (Å²) in [6.45, 7) is 0. The minimum Gasteiger partial charge on any atom is -0.348 e. The molecule has 1 amide bonds. The maximum atomic E-state index is 11.8. The zero-order chi connectivity index (χ0) is 14.7. The number of nitro groups is 1. The second kappa shape index (κ2) is 5.54. The van der Waals surface area contributed by atoms with Crippen molar-refractivity contribution < 1.29 is 14.5 Å². The molecule has 0 saturated carbocycles. The Hall–Kier alpha value is -2.67. The Balaban J connectivity index is 2.21. The van der Waals surface area contributed by atoms with Gasteiger partial charge in [-0.1, -0.05) is 11.6 Å². The zero-order valence-electron chi connectivity index (χ0n) is 9.92. The van der Waals surface area contributed by atoms with Gasteiger partial charge in [0.05, 0.1) is 10.6 Å². The highest BCUT2D eigenvalue weighted by molar-refractivity contribution is 6.32. The minimum absolute atomic E-state index is 0.0175. The van der Waals surface area contributed by atoms with E-state index in [4.69, 9.17) is 11.6 Å². The number of hydrogen-bond acceptors (Lipinski definition) is 4. The molecule has 20 heavy (non-hydrogen) atoms. The summed E-state index contributed by atoms with van der Waals surface area (Å²) in [4.78, 5) is 35.0. The highest BCUT2D eigenvalue weighted by Crippen LogP contribution is 2.27.